The summed E-state index contributed by atoms with van der Waals surface area (Å²) in [6.07, 6.45) is 0.346. The first-order valence-corrected chi connectivity index (χ1v) is 14.0. The Hall–Kier alpha value is -4.05. The minimum absolute atomic E-state index is 0.0244. The minimum Gasteiger partial charge on any atom is -0.493 e. The second-order valence-corrected chi connectivity index (χ2v) is 10.7. The lowest BCUT2D eigenvalue weighted by molar-refractivity contribution is -0.140. The molecule has 0 bridgehead atoms. The van der Waals surface area contributed by atoms with Crippen molar-refractivity contribution in [2.75, 3.05) is 32.1 Å². The summed E-state index contributed by atoms with van der Waals surface area (Å²) in [5, 5.41) is 2.63. The van der Waals surface area contributed by atoms with Gasteiger partial charge in [-0.1, -0.05) is 49.4 Å². The largest absolute Gasteiger partial charge is 0.493 e. The maximum absolute atomic E-state index is 14.0. The molecular weight excluding hydrogens is 518 g/mol. The zero-order valence-corrected chi connectivity index (χ0v) is 23.7. The predicted octanol–water partition coefficient (Wildman–Crippen LogP) is 3.76. The number of ether oxygens (including phenoxy) is 2. The summed E-state index contributed by atoms with van der Waals surface area (Å²) in [4.78, 5) is 28.3. The van der Waals surface area contributed by atoms with Crippen molar-refractivity contribution in [1.82, 2.24) is 10.2 Å². The van der Waals surface area contributed by atoms with Crippen LogP contribution in [0.1, 0.15) is 24.5 Å². The van der Waals surface area contributed by atoms with Crippen LogP contribution >= 0.6 is 0 Å². The van der Waals surface area contributed by atoms with Gasteiger partial charge in [-0.2, -0.15) is 0 Å². The third kappa shape index (κ3) is 6.69. The Kier molecular flexibility index (Phi) is 9.95. The Morgan fingerprint density at radius 1 is 0.923 bits per heavy atom. The number of amides is 2. The van der Waals surface area contributed by atoms with Gasteiger partial charge >= 0.3 is 0 Å². The van der Waals surface area contributed by atoms with E-state index in [4.69, 9.17) is 9.47 Å². The Bertz CT molecular complexity index is 1400. The van der Waals surface area contributed by atoms with Crippen LogP contribution in [-0.2, 0) is 26.2 Å². The number of sulfonamides is 1. The first-order chi connectivity index (χ1) is 18.7. The van der Waals surface area contributed by atoms with E-state index in [1.54, 1.807) is 30.3 Å². The van der Waals surface area contributed by atoms with Gasteiger partial charge in [0.05, 0.1) is 24.8 Å². The lowest BCUT2D eigenvalue weighted by Gasteiger charge is -2.33. The van der Waals surface area contributed by atoms with Crippen molar-refractivity contribution in [2.24, 2.45) is 0 Å². The van der Waals surface area contributed by atoms with Gasteiger partial charge in [-0.15, -0.1) is 0 Å². The predicted molar refractivity (Wildman–Crippen MR) is 150 cm³/mol. The molecule has 0 aliphatic heterocycles. The van der Waals surface area contributed by atoms with Crippen molar-refractivity contribution in [1.29, 1.82) is 0 Å². The molecule has 1 unspecified atom stereocenters. The number of hydrogen-bond donors (Lipinski definition) is 1. The molecule has 1 atom stereocenters. The van der Waals surface area contributed by atoms with Crippen LogP contribution in [0.15, 0.2) is 77.7 Å². The van der Waals surface area contributed by atoms with Gasteiger partial charge in [-0.25, -0.2) is 8.42 Å². The normalized spacial score (nSPS) is 11.8. The van der Waals surface area contributed by atoms with Gasteiger partial charge in [0.2, 0.25) is 11.8 Å². The third-order valence-corrected chi connectivity index (χ3v) is 8.29. The second-order valence-electron chi connectivity index (χ2n) is 8.85. The van der Waals surface area contributed by atoms with E-state index in [0.29, 0.717) is 17.9 Å². The first kappa shape index (κ1) is 29.5. The van der Waals surface area contributed by atoms with Crippen LogP contribution in [0.5, 0.6) is 11.5 Å². The SMILES string of the molecule is CCC(C(=O)NC)N(Cc1ccccc1C)C(=O)CN(c1ccc(OC)c(OC)c1)S(=O)(=O)c1ccccc1. The van der Waals surface area contributed by atoms with E-state index in [0.717, 1.165) is 15.4 Å². The fraction of sp³-hybridized carbons (Fsp3) is 0.310. The van der Waals surface area contributed by atoms with E-state index in [2.05, 4.69) is 5.32 Å². The third-order valence-electron chi connectivity index (χ3n) is 6.50. The molecule has 39 heavy (non-hydrogen) atoms. The summed E-state index contributed by atoms with van der Waals surface area (Å²) in [5.74, 6) is -0.133. The summed E-state index contributed by atoms with van der Waals surface area (Å²) >= 11 is 0. The number of benzene rings is 3. The summed E-state index contributed by atoms with van der Waals surface area (Å²) in [7, 11) is 0.259. The molecule has 0 aliphatic carbocycles. The first-order valence-electron chi connectivity index (χ1n) is 12.5. The molecule has 3 rings (SSSR count). The number of aryl methyl sites for hydroxylation is 1. The monoisotopic (exact) mass is 553 g/mol. The molecule has 208 valence electrons. The molecule has 0 saturated carbocycles. The van der Waals surface area contributed by atoms with Crippen LogP contribution in [-0.4, -0.2) is 59.0 Å². The molecule has 0 aromatic heterocycles. The number of rotatable bonds is 12. The van der Waals surface area contributed by atoms with E-state index in [1.807, 2.05) is 38.1 Å². The molecule has 0 heterocycles. The van der Waals surface area contributed by atoms with Crippen LogP contribution in [0.2, 0.25) is 0 Å². The van der Waals surface area contributed by atoms with E-state index < -0.39 is 28.5 Å². The van der Waals surface area contributed by atoms with Crippen molar-refractivity contribution in [3.63, 3.8) is 0 Å². The second kappa shape index (κ2) is 13.1. The van der Waals surface area contributed by atoms with Gasteiger partial charge in [-0.05, 0) is 48.7 Å². The van der Waals surface area contributed by atoms with Gasteiger partial charge in [0.15, 0.2) is 11.5 Å². The van der Waals surface area contributed by atoms with E-state index in [9.17, 15) is 18.0 Å². The Morgan fingerprint density at radius 3 is 2.15 bits per heavy atom. The zero-order valence-electron chi connectivity index (χ0n) is 22.9. The topological polar surface area (TPSA) is 105 Å². The molecule has 3 aromatic rings. The molecule has 2 amide bonds. The minimum atomic E-state index is -4.18. The molecule has 0 aliphatic rings. The van der Waals surface area contributed by atoms with Crippen LogP contribution in [0, 0.1) is 6.92 Å². The fourth-order valence-corrected chi connectivity index (χ4v) is 5.71. The Labute approximate surface area is 230 Å². The summed E-state index contributed by atoms with van der Waals surface area (Å²) in [5.41, 5.74) is 2.03. The maximum atomic E-state index is 14.0. The maximum Gasteiger partial charge on any atom is 0.264 e. The van der Waals surface area contributed by atoms with E-state index >= 15 is 0 Å². The highest BCUT2D eigenvalue weighted by molar-refractivity contribution is 7.92. The van der Waals surface area contributed by atoms with E-state index in [1.165, 1.54) is 44.4 Å². The van der Waals surface area contributed by atoms with Crippen LogP contribution in [0.25, 0.3) is 0 Å². The Balaban J connectivity index is 2.11. The molecule has 10 heteroatoms. The smallest absolute Gasteiger partial charge is 0.264 e. The molecule has 0 radical (unpaired) electrons. The lowest BCUT2D eigenvalue weighted by atomic mass is 10.1. The van der Waals surface area contributed by atoms with Crippen molar-refractivity contribution >= 4 is 27.5 Å². The van der Waals surface area contributed by atoms with Crippen molar-refractivity contribution < 1.29 is 27.5 Å². The molecule has 0 spiro atoms. The van der Waals surface area contributed by atoms with Crippen molar-refractivity contribution in [3.05, 3.63) is 83.9 Å². The zero-order chi connectivity index (χ0) is 28.6. The standard InChI is InChI=1S/C29H35N3O6S/c1-6-25(29(34)30-3)31(19-22-13-11-10-12-21(22)2)28(33)20-32(39(35,36)24-14-8-7-9-15-24)23-16-17-26(37-4)27(18-23)38-5/h7-18,25H,6,19-20H2,1-5H3,(H,30,34). The molecule has 3 aromatic carbocycles. The van der Waals surface area contributed by atoms with Crippen molar-refractivity contribution in [3.8, 4) is 11.5 Å². The number of carbonyl (C=O) groups excluding carboxylic acids is 2. The summed E-state index contributed by atoms with van der Waals surface area (Å²) in [6, 6.07) is 19.3. The highest BCUT2D eigenvalue weighted by Crippen LogP contribution is 2.34. The molecule has 1 N–H and O–H groups in total. The van der Waals surface area contributed by atoms with E-state index in [-0.39, 0.29) is 23.0 Å². The molecule has 0 fully saturated rings. The van der Waals surface area contributed by atoms with Gasteiger partial charge in [0, 0.05) is 19.7 Å². The van der Waals surface area contributed by atoms with Gasteiger partial charge < -0.3 is 19.7 Å². The average molecular weight is 554 g/mol. The number of anilines is 1. The number of methoxy groups -OCH3 is 2. The van der Waals surface area contributed by atoms with Gasteiger partial charge in [0.1, 0.15) is 12.6 Å². The molecule has 9 nitrogen and oxygen atoms in total. The van der Waals surface area contributed by atoms with Crippen LogP contribution in [0.3, 0.4) is 0 Å². The number of nitrogens with zero attached hydrogens (tertiary/aromatic N) is 2. The quantitative estimate of drug-likeness (QED) is 0.366. The van der Waals surface area contributed by atoms with Gasteiger partial charge in [-0.3, -0.25) is 13.9 Å². The number of nitrogens with one attached hydrogen (secondary N) is 1. The number of likely N-dealkylation sites (N-methyl/N-ethyl adjacent to an activating group) is 1. The van der Waals surface area contributed by atoms with Gasteiger partial charge in [0.25, 0.3) is 10.0 Å². The highest BCUT2D eigenvalue weighted by Gasteiger charge is 2.33. The summed E-state index contributed by atoms with van der Waals surface area (Å²) < 4.78 is 39.5. The highest BCUT2D eigenvalue weighted by atomic mass is 32.2. The van der Waals surface area contributed by atoms with Crippen molar-refractivity contribution in [2.45, 2.75) is 37.8 Å². The molecular formula is C29H35N3O6S. The lowest BCUT2D eigenvalue weighted by Crippen LogP contribution is -2.51. The number of carbonyl (C=O) groups is 2. The average Bonchev–Trinajstić information content (AvgIpc) is 2.96. The Morgan fingerprint density at radius 2 is 1.56 bits per heavy atom. The van der Waals surface area contributed by atoms with Crippen LogP contribution in [0.4, 0.5) is 5.69 Å². The fourth-order valence-electron chi connectivity index (χ4n) is 4.29. The number of hydrogen-bond acceptors (Lipinski definition) is 6. The summed E-state index contributed by atoms with van der Waals surface area (Å²) in [6.45, 7) is 3.34. The van der Waals surface area contributed by atoms with Crippen LogP contribution < -0.4 is 19.1 Å². The molecule has 0 saturated heterocycles.